The Bertz CT molecular complexity index is 504. The summed E-state index contributed by atoms with van der Waals surface area (Å²) in [6, 6.07) is 2.99. The Kier molecular flexibility index (Phi) is 4.73. The minimum Gasteiger partial charge on any atom is -0.486 e. The van der Waals surface area contributed by atoms with Crippen LogP contribution >= 0.6 is 11.6 Å². The second-order valence-electron chi connectivity index (χ2n) is 4.80. The molecule has 20 heavy (non-hydrogen) atoms. The van der Waals surface area contributed by atoms with Gasteiger partial charge in [0.15, 0.2) is 11.5 Å². The number of rotatable bonds is 4. The van der Waals surface area contributed by atoms with E-state index in [1.54, 1.807) is 12.1 Å². The molecule has 1 atom stereocenters. The minimum absolute atomic E-state index is 0.117. The summed E-state index contributed by atoms with van der Waals surface area (Å²) in [6.45, 7) is 4.84. The zero-order chi connectivity index (χ0) is 14.7. The van der Waals surface area contributed by atoms with E-state index >= 15 is 0 Å². The average Bonchev–Trinajstić information content (AvgIpc) is 2.43. The van der Waals surface area contributed by atoms with Gasteiger partial charge in [0, 0.05) is 6.04 Å². The molecular weight excluding hydrogens is 282 g/mol. The highest BCUT2D eigenvalue weighted by molar-refractivity contribution is 6.32. The molecule has 110 valence electrons. The van der Waals surface area contributed by atoms with E-state index in [1.165, 1.54) is 7.11 Å². The molecule has 0 fully saturated rings. The van der Waals surface area contributed by atoms with Gasteiger partial charge in [0.1, 0.15) is 19.3 Å². The number of fused-ring (bicyclic) bond motifs is 1. The fraction of sp³-hybridized carbons (Fsp3) is 0.500. The van der Waals surface area contributed by atoms with Crippen molar-refractivity contribution in [1.82, 2.24) is 5.32 Å². The molecule has 6 heteroatoms. The molecule has 1 aliphatic heterocycles. The van der Waals surface area contributed by atoms with Gasteiger partial charge in [-0.15, -0.1) is 0 Å². The molecule has 0 aliphatic carbocycles. The van der Waals surface area contributed by atoms with Crippen LogP contribution < -0.4 is 14.8 Å². The molecule has 0 amide bonds. The van der Waals surface area contributed by atoms with Crippen molar-refractivity contribution in [3.05, 3.63) is 22.7 Å². The lowest BCUT2D eigenvalue weighted by Gasteiger charge is -2.24. The Labute approximate surface area is 123 Å². The summed E-state index contributed by atoms with van der Waals surface area (Å²) in [5.41, 5.74) is 0.694. The third-order valence-corrected chi connectivity index (χ3v) is 3.17. The fourth-order valence-corrected chi connectivity index (χ4v) is 2.32. The van der Waals surface area contributed by atoms with Crippen LogP contribution in [-0.2, 0) is 9.53 Å². The average molecular weight is 300 g/mol. The second kappa shape index (κ2) is 6.33. The Morgan fingerprint density at radius 2 is 2.05 bits per heavy atom. The molecule has 1 unspecified atom stereocenters. The van der Waals surface area contributed by atoms with Crippen LogP contribution in [0.25, 0.3) is 0 Å². The molecule has 0 saturated heterocycles. The lowest BCUT2D eigenvalue weighted by Crippen LogP contribution is -2.34. The SMILES string of the molecule is COC(=O)C(NC(C)C)c1cc(Cl)c2c(c1)OCCO2. The summed E-state index contributed by atoms with van der Waals surface area (Å²) in [5.74, 6) is 0.708. The molecule has 1 N–H and O–H groups in total. The number of halogens is 1. The van der Waals surface area contributed by atoms with E-state index in [0.717, 1.165) is 0 Å². The standard InChI is InChI=1S/C14H18ClNO4/c1-8(2)16-12(14(17)18-3)9-6-10(15)13-11(7-9)19-4-5-20-13/h6-8,12,16H,4-5H2,1-3H3. The number of benzene rings is 1. The highest BCUT2D eigenvalue weighted by Gasteiger charge is 2.26. The first kappa shape index (κ1) is 14.9. The maximum absolute atomic E-state index is 11.9. The molecule has 1 heterocycles. The van der Waals surface area contributed by atoms with Crippen LogP contribution in [0.15, 0.2) is 12.1 Å². The van der Waals surface area contributed by atoms with E-state index in [-0.39, 0.29) is 12.0 Å². The molecule has 0 aromatic heterocycles. The molecule has 5 nitrogen and oxygen atoms in total. The maximum atomic E-state index is 11.9. The fourth-order valence-electron chi connectivity index (χ4n) is 2.05. The van der Waals surface area contributed by atoms with E-state index in [4.69, 9.17) is 25.8 Å². The highest BCUT2D eigenvalue weighted by Crippen LogP contribution is 2.39. The van der Waals surface area contributed by atoms with Crippen LogP contribution in [0, 0.1) is 0 Å². The Morgan fingerprint density at radius 3 is 2.70 bits per heavy atom. The Morgan fingerprint density at radius 1 is 1.35 bits per heavy atom. The van der Waals surface area contributed by atoms with Gasteiger partial charge in [-0.2, -0.15) is 0 Å². The van der Waals surface area contributed by atoms with Crippen molar-refractivity contribution in [3.63, 3.8) is 0 Å². The van der Waals surface area contributed by atoms with E-state index in [2.05, 4.69) is 5.32 Å². The highest BCUT2D eigenvalue weighted by atomic mass is 35.5. The molecule has 1 aromatic rings. The Hall–Kier alpha value is -1.46. The van der Waals surface area contributed by atoms with Gasteiger partial charge in [-0.25, -0.2) is 4.79 Å². The molecule has 1 aliphatic rings. The molecular formula is C14H18ClNO4. The van der Waals surface area contributed by atoms with Crippen molar-refractivity contribution in [3.8, 4) is 11.5 Å². The predicted octanol–water partition coefficient (Wildman–Crippen LogP) is 2.32. The number of carbonyl (C=O) groups is 1. The van der Waals surface area contributed by atoms with Crippen molar-refractivity contribution in [2.24, 2.45) is 0 Å². The number of ether oxygens (including phenoxy) is 3. The molecule has 0 spiro atoms. The summed E-state index contributed by atoms with van der Waals surface area (Å²) in [6.07, 6.45) is 0. The van der Waals surface area contributed by atoms with Crippen LogP contribution in [0.1, 0.15) is 25.5 Å². The molecule has 2 rings (SSSR count). The van der Waals surface area contributed by atoms with E-state index in [0.29, 0.717) is 35.3 Å². The van der Waals surface area contributed by atoms with Crippen LogP contribution in [0.5, 0.6) is 11.5 Å². The third kappa shape index (κ3) is 3.16. The van der Waals surface area contributed by atoms with Gasteiger partial charge in [0.25, 0.3) is 0 Å². The van der Waals surface area contributed by atoms with Gasteiger partial charge in [0.2, 0.25) is 0 Å². The number of hydrogen-bond donors (Lipinski definition) is 1. The molecule has 1 aromatic carbocycles. The topological polar surface area (TPSA) is 56.8 Å². The lowest BCUT2D eigenvalue weighted by atomic mass is 10.0. The predicted molar refractivity (Wildman–Crippen MR) is 75.5 cm³/mol. The summed E-state index contributed by atoms with van der Waals surface area (Å²) in [4.78, 5) is 11.9. The molecule has 0 radical (unpaired) electrons. The number of carbonyl (C=O) groups excluding carboxylic acids is 1. The van der Waals surface area contributed by atoms with E-state index in [1.807, 2.05) is 13.8 Å². The number of nitrogens with one attached hydrogen (secondary N) is 1. The first-order valence-electron chi connectivity index (χ1n) is 6.46. The first-order chi connectivity index (χ1) is 9.52. The van der Waals surface area contributed by atoms with Gasteiger partial charge in [-0.3, -0.25) is 5.32 Å². The molecule has 0 bridgehead atoms. The quantitative estimate of drug-likeness (QED) is 0.865. The van der Waals surface area contributed by atoms with Crippen molar-refractivity contribution in [2.45, 2.75) is 25.9 Å². The van der Waals surface area contributed by atoms with Crippen LogP contribution in [0.3, 0.4) is 0 Å². The zero-order valence-corrected chi connectivity index (χ0v) is 12.5. The zero-order valence-electron chi connectivity index (χ0n) is 11.7. The van der Waals surface area contributed by atoms with E-state index in [9.17, 15) is 4.79 Å². The first-order valence-corrected chi connectivity index (χ1v) is 6.83. The minimum atomic E-state index is -0.590. The number of methoxy groups -OCH3 is 1. The summed E-state index contributed by atoms with van der Waals surface area (Å²) < 4.78 is 15.8. The smallest absolute Gasteiger partial charge is 0.327 e. The van der Waals surface area contributed by atoms with Gasteiger partial charge in [0.05, 0.1) is 12.1 Å². The normalized spacial score (nSPS) is 15.1. The van der Waals surface area contributed by atoms with Crippen molar-refractivity contribution in [1.29, 1.82) is 0 Å². The van der Waals surface area contributed by atoms with Crippen LogP contribution in [-0.4, -0.2) is 32.3 Å². The number of esters is 1. The summed E-state index contributed by atoms with van der Waals surface area (Å²) >= 11 is 6.19. The van der Waals surface area contributed by atoms with Crippen molar-refractivity contribution >= 4 is 17.6 Å². The monoisotopic (exact) mass is 299 g/mol. The number of hydrogen-bond acceptors (Lipinski definition) is 5. The van der Waals surface area contributed by atoms with Gasteiger partial charge in [-0.05, 0) is 31.5 Å². The van der Waals surface area contributed by atoms with Crippen LogP contribution in [0.2, 0.25) is 5.02 Å². The van der Waals surface area contributed by atoms with Crippen molar-refractivity contribution < 1.29 is 19.0 Å². The summed E-state index contributed by atoms with van der Waals surface area (Å²) in [5, 5.41) is 3.58. The van der Waals surface area contributed by atoms with Gasteiger partial charge < -0.3 is 14.2 Å². The van der Waals surface area contributed by atoms with Crippen LogP contribution in [0.4, 0.5) is 0 Å². The lowest BCUT2D eigenvalue weighted by molar-refractivity contribution is -0.143. The summed E-state index contributed by atoms with van der Waals surface area (Å²) in [7, 11) is 1.36. The van der Waals surface area contributed by atoms with Gasteiger partial charge >= 0.3 is 5.97 Å². The molecule has 0 saturated carbocycles. The van der Waals surface area contributed by atoms with Gasteiger partial charge in [-0.1, -0.05) is 11.6 Å². The maximum Gasteiger partial charge on any atom is 0.327 e. The third-order valence-electron chi connectivity index (χ3n) is 2.89. The largest absolute Gasteiger partial charge is 0.486 e. The Balaban J connectivity index is 2.38. The van der Waals surface area contributed by atoms with Crippen molar-refractivity contribution in [2.75, 3.05) is 20.3 Å². The second-order valence-corrected chi connectivity index (χ2v) is 5.21. The van der Waals surface area contributed by atoms with E-state index < -0.39 is 6.04 Å².